The molecule has 0 radical (unpaired) electrons. The van der Waals surface area contributed by atoms with Gasteiger partial charge in [0.25, 0.3) is 0 Å². The molecule has 2 aromatic carbocycles. The van der Waals surface area contributed by atoms with Crippen LogP contribution in [0.25, 0.3) is 0 Å². The van der Waals surface area contributed by atoms with Crippen molar-refractivity contribution in [3.8, 4) is 0 Å². The standard InChI is InChI=1S/C16H17O3P.CH4.Na/c1-11-9-12(2)15(13(3)10-11)16(17)20(18,19)14-7-5-4-6-8-14;;/h4-10H,1-3H3,(H,18,19);1H4;/q;;+1/p-1. The predicted octanol–water partition coefficient (Wildman–Crippen LogP) is 0.356. The number of benzene rings is 2. The maximum atomic E-state index is 12.4. The van der Waals surface area contributed by atoms with Crippen molar-refractivity contribution in [1.82, 2.24) is 0 Å². The van der Waals surface area contributed by atoms with Crippen LogP contribution < -0.4 is 39.8 Å². The van der Waals surface area contributed by atoms with E-state index in [1.165, 1.54) is 12.1 Å². The molecule has 0 aliphatic heterocycles. The molecule has 0 saturated heterocycles. The van der Waals surface area contributed by atoms with Crippen molar-refractivity contribution in [1.29, 1.82) is 0 Å². The van der Waals surface area contributed by atoms with Crippen LogP contribution in [0.5, 0.6) is 0 Å². The van der Waals surface area contributed by atoms with Crippen molar-refractivity contribution in [3.63, 3.8) is 0 Å². The average Bonchev–Trinajstić information content (AvgIpc) is 2.38. The van der Waals surface area contributed by atoms with Gasteiger partial charge < -0.3 is 9.46 Å². The smallest absolute Gasteiger partial charge is 0.790 e. The summed E-state index contributed by atoms with van der Waals surface area (Å²) in [7, 11) is -4.32. The first-order valence-corrected chi connectivity index (χ1v) is 7.96. The van der Waals surface area contributed by atoms with E-state index in [9.17, 15) is 14.3 Å². The SMILES string of the molecule is C.Cc1cc(C)c(C(=O)P(=O)([O-])c2ccccc2)c(C)c1.[Na+]. The van der Waals surface area contributed by atoms with Crippen molar-refractivity contribution in [2.75, 3.05) is 0 Å². The summed E-state index contributed by atoms with van der Waals surface area (Å²) in [6, 6.07) is 11.5. The van der Waals surface area contributed by atoms with Gasteiger partial charge in [0.2, 0.25) is 5.52 Å². The van der Waals surface area contributed by atoms with Crippen molar-refractivity contribution in [2.24, 2.45) is 0 Å². The predicted molar refractivity (Wildman–Crippen MR) is 85.4 cm³/mol. The molecule has 112 valence electrons. The summed E-state index contributed by atoms with van der Waals surface area (Å²) in [6.45, 7) is 5.44. The summed E-state index contributed by atoms with van der Waals surface area (Å²) in [5.41, 5.74) is 1.88. The normalized spacial score (nSPS) is 12.5. The Hall–Kier alpha value is -0.700. The van der Waals surface area contributed by atoms with Crippen molar-refractivity contribution in [3.05, 3.63) is 64.7 Å². The summed E-state index contributed by atoms with van der Waals surface area (Å²) in [4.78, 5) is 24.8. The molecule has 2 rings (SSSR count). The zero-order chi connectivity index (χ0) is 14.9. The fourth-order valence-electron chi connectivity index (χ4n) is 2.41. The van der Waals surface area contributed by atoms with Crippen LogP contribution in [0, 0.1) is 20.8 Å². The largest absolute Gasteiger partial charge is 1.00 e. The summed E-state index contributed by atoms with van der Waals surface area (Å²) < 4.78 is 12.4. The van der Waals surface area contributed by atoms with Gasteiger partial charge in [0, 0.05) is 10.9 Å². The molecular formula is C17H20NaO3P. The first kappa shape index (κ1) is 21.3. The molecule has 1 atom stereocenters. The minimum absolute atomic E-state index is 0. The number of carbonyl (C=O) groups excluding carboxylic acids is 1. The van der Waals surface area contributed by atoms with E-state index in [1.54, 1.807) is 32.0 Å². The van der Waals surface area contributed by atoms with Crippen LogP contribution in [-0.2, 0) is 4.57 Å². The first-order valence-electron chi connectivity index (χ1n) is 6.33. The fourth-order valence-corrected chi connectivity index (χ4v) is 3.85. The Kier molecular flexibility index (Phi) is 7.97. The van der Waals surface area contributed by atoms with E-state index in [2.05, 4.69) is 0 Å². The molecule has 5 heteroatoms. The third kappa shape index (κ3) is 4.18. The van der Waals surface area contributed by atoms with E-state index >= 15 is 0 Å². The second kappa shape index (κ2) is 8.24. The van der Waals surface area contributed by atoms with Crippen molar-refractivity contribution < 1.29 is 43.8 Å². The molecule has 0 aliphatic rings. The Balaban J connectivity index is 0.00000220. The van der Waals surface area contributed by atoms with Gasteiger partial charge in [-0.15, -0.1) is 0 Å². The fraction of sp³-hybridized carbons (Fsp3) is 0.235. The Morgan fingerprint density at radius 3 is 1.91 bits per heavy atom. The van der Waals surface area contributed by atoms with Gasteiger partial charge in [-0.05, 0) is 31.9 Å². The molecule has 2 aromatic rings. The van der Waals surface area contributed by atoms with Gasteiger partial charge in [0.05, 0.1) is 0 Å². The molecule has 22 heavy (non-hydrogen) atoms. The number of rotatable bonds is 3. The molecule has 0 amide bonds. The molecule has 0 saturated carbocycles. The summed E-state index contributed by atoms with van der Waals surface area (Å²) in [5, 5.41) is 0.0596. The quantitative estimate of drug-likeness (QED) is 0.604. The van der Waals surface area contributed by atoms with Crippen LogP contribution >= 0.6 is 7.37 Å². The maximum Gasteiger partial charge on any atom is 1.00 e. The molecule has 0 fully saturated rings. The van der Waals surface area contributed by atoms with Gasteiger partial charge in [-0.2, -0.15) is 0 Å². The second-order valence-corrected chi connectivity index (χ2v) is 6.99. The van der Waals surface area contributed by atoms with Gasteiger partial charge in [-0.25, -0.2) is 0 Å². The minimum Gasteiger partial charge on any atom is -0.790 e. The number of aryl methyl sites for hydroxylation is 3. The third-order valence-corrected chi connectivity index (χ3v) is 4.99. The molecule has 0 bridgehead atoms. The zero-order valence-electron chi connectivity index (χ0n) is 12.7. The zero-order valence-corrected chi connectivity index (χ0v) is 15.6. The van der Waals surface area contributed by atoms with Crippen molar-refractivity contribution in [2.45, 2.75) is 28.2 Å². The minimum atomic E-state index is -4.32. The monoisotopic (exact) mass is 326 g/mol. The van der Waals surface area contributed by atoms with E-state index in [0.717, 1.165) is 5.56 Å². The van der Waals surface area contributed by atoms with E-state index < -0.39 is 12.9 Å². The summed E-state index contributed by atoms with van der Waals surface area (Å²) in [5.74, 6) is 0. The molecule has 1 unspecified atom stereocenters. The molecular weight excluding hydrogens is 306 g/mol. The molecule has 0 aliphatic carbocycles. The Morgan fingerprint density at radius 2 is 1.45 bits per heavy atom. The van der Waals surface area contributed by atoms with E-state index in [0.29, 0.717) is 11.1 Å². The second-order valence-electron chi connectivity index (χ2n) is 4.97. The van der Waals surface area contributed by atoms with Crippen LogP contribution in [0.1, 0.15) is 34.5 Å². The van der Waals surface area contributed by atoms with Gasteiger partial charge in [-0.1, -0.05) is 55.5 Å². The van der Waals surface area contributed by atoms with E-state index in [4.69, 9.17) is 0 Å². The maximum absolute atomic E-state index is 12.4. The average molecular weight is 326 g/mol. The van der Waals surface area contributed by atoms with Crippen LogP contribution in [0.2, 0.25) is 0 Å². The van der Waals surface area contributed by atoms with Crippen LogP contribution in [0.3, 0.4) is 0 Å². The topological polar surface area (TPSA) is 57.2 Å². The van der Waals surface area contributed by atoms with E-state index in [-0.39, 0.29) is 47.9 Å². The number of carbonyl (C=O) groups is 1. The van der Waals surface area contributed by atoms with Gasteiger partial charge in [0.1, 0.15) is 7.37 Å². The molecule has 0 heterocycles. The Bertz CT molecular complexity index is 688. The summed E-state index contributed by atoms with van der Waals surface area (Å²) in [6.07, 6.45) is 0. The van der Waals surface area contributed by atoms with Gasteiger partial charge >= 0.3 is 29.6 Å². The first-order chi connectivity index (χ1) is 9.34. The Morgan fingerprint density at radius 1 is 1.00 bits per heavy atom. The number of hydrogen-bond donors (Lipinski definition) is 0. The van der Waals surface area contributed by atoms with Crippen molar-refractivity contribution >= 4 is 18.2 Å². The molecule has 0 spiro atoms. The molecule has 3 nitrogen and oxygen atoms in total. The third-order valence-electron chi connectivity index (χ3n) is 3.25. The Labute approximate surface area is 154 Å². The van der Waals surface area contributed by atoms with Gasteiger partial charge in [-0.3, -0.25) is 4.79 Å². The summed E-state index contributed by atoms with van der Waals surface area (Å²) >= 11 is 0. The van der Waals surface area contributed by atoms with Crippen LogP contribution in [0.15, 0.2) is 42.5 Å². The van der Waals surface area contributed by atoms with E-state index in [1.807, 2.05) is 19.1 Å². The molecule has 0 aromatic heterocycles. The van der Waals surface area contributed by atoms with Crippen LogP contribution in [0.4, 0.5) is 0 Å². The van der Waals surface area contributed by atoms with Crippen LogP contribution in [-0.4, -0.2) is 5.52 Å². The molecule has 0 N–H and O–H groups in total. The van der Waals surface area contributed by atoms with Gasteiger partial charge in [0.15, 0.2) is 0 Å². The number of hydrogen-bond acceptors (Lipinski definition) is 3.